The lowest BCUT2D eigenvalue weighted by molar-refractivity contribution is 0.666. The molecule has 0 aliphatic carbocycles. The van der Waals surface area contributed by atoms with Crippen molar-refractivity contribution in [1.29, 1.82) is 0 Å². The molecule has 1 aromatic heterocycles. The molecule has 0 aromatic carbocycles. The lowest BCUT2D eigenvalue weighted by atomic mass is 10.3. The predicted octanol–water partition coefficient (Wildman–Crippen LogP) is 1.43. The fourth-order valence-electron chi connectivity index (χ4n) is 1.62. The van der Waals surface area contributed by atoms with Crippen LogP contribution in [0.5, 0.6) is 0 Å². The van der Waals surface area contributed by atoms with Crippen LogP contribution in [0.1, 0.15) is 19.0 Å². The Morgan fingerprint density at radius 3 is 3.19 bits per heavy atom. The van der Waals surface area contributed by atoms with Crippen LogP contribution < -0.4 is 5.32 Å². The van der Waals surface area contributed by atoms with E-state index in [1.54, 1.807) is 0 Å². The van der Waals surface area contributed by atoms with Crippen molar-refractivity contribution in [2.75, 3.05) is 12.3 Å². The van der Waals surface area contributed by atoms with Crippen LogP contribution in [0.4, 0.5) is 0 Å². The van der Waals surface area contributed by atoms with E-state index < -0.39 is 0 Å². The first-order chi connectivity index (χ1) is 7.78. The van der Waals surface area contributed by atoms with Gasteiger partial charge in [0.1, 0.15) is 0 Å². The van der Waals surface area contributed by atoms with Gasteiger partial charge >= 0.3 is 0 Å². The molecule has 1 fully saturated rings. The molecular formula is C11H18N4S. The Morgan fingerprint density at radius 2 is 2.56 bits per heavy atom. The second-order valence-electron chi connectivity index (χ2n) is 3.98. The first kappa shape index (κ1) is 11.5. The number of rotatable bonds is 4. The molecule has 16 heavy (non-hydrogen) atoms. The number of nitrogens with zero attached hydrogens (tertiary/aromatic N) is 3. The Bertz CT molecular complexity index is 372. The van der Waals surface area contributed by atoms with Gasteiger partial charge < -0.3 is 5.32 Å². The largest absolute Gasteiger partial charge is 0.361 e. The van der Waals surface area contributed by atoms with Crippen molar-refractivity contribution in [1.82, 2.24) is 15.1 Å². The minimum absolute atomic E-state index is 0.610. The summed E-state index contributed by atoms with van der Waals surface area (Å²) < 4.78 is 1.83. The van der Waals surface area contributed by atoms with Gasteiger partial charge in [0.2, 0.25) is 0 Å². The van der Waals surface area contributed by atoms with E-state index in [0.717, 1.165) is 29.6 Å². The lowest BCUT2D eigenvalue weighted by Gasteiger charge is -2.04. The third-order valence-corrected chi connectivity index (χ3v) is 3.72. The van der Waals surface area contributed by atoms with E-state index in [-0.39, 0.29) is 0 Å². The highest BCUT2D eigenvalue weighted by molar-refractivity contribution is 8.14. The number of nitrogens with one attached hydrogen (secondary N) is 1. The highest BCUT2D eigenvalue weighted by atomic mass is 32.2. The molecule has 0 amide bonds. The van der Waals surface area contributed by atoms with E-state index in [4.69, 9.17) is 0 Å². The molecule has 5 heteroatoms. The predicted molar refractivity (Wildman–Crippen MR) is 68.9 cm³/mol. The maximum absolute atomic E-state index is 4.55. The van der Waals surface area contributed by atoms with Gasteiger partial charge in [0.25, 0.3) is 0 Å². The maximum Gasteiger partial charge on any atom is 0.156 e. The van der Waals surface area contributed by atoms with E-state index >= 15 is 0 Å². The Kier molecular flexibility index (Phi) is 3.88. The molecule has 88 valence electrons. The summed E-state index contributed by atoms with van der Waals surface area (Å²) in [5, 5.41) is 8.85. The first-order valence-electron chi connectivity index (χ1n) is 5.70. The Morgan fingerprint density at radius 1 is 1.69 bits per heavy atom. The van der Waals surface area contributed by atoms with E-state index in [9.17, 15) is 0 Å². The molecule has 1 saturated heterocycles. The van der Waals surface area contributed by atoms with Gasteiger partial charge in [-0.1, -0.05) is 18.7 Å². The van der Waals surface area contributed by atoms with E-state index in [2.05, 4.69) is 22.3 Å². The maximum atomic E-state index is 4.55. The highest BCUT2D eigenvalue weighted by Crippen LogP contribution is 2.15. The third-order valence-electron chi connectivity index (χ3n) is 2.63. The Balaban J connectivity index is 1.77. The Labute approximate surface area is 101 Å². The van der Waals surface area contributed by atoms with Gasteiger partial charge in [-0.15, -0.1) is 0 Å². The molecular weight excluding hydrogens is 220 g/mol. The van der Waals surface area contributed by atoms with Gasteiger partial charge in [-0.3, -0.25) is 9.67 Å². The topological polar surface area (TPSA) is 42.2 Å². The van der Waals surface area contributed by atoms with Crippen LogP contribution in [-0.2, 0) is 13.5 Å². The summed E-state index contributed by atoms with van der Waals surface area (Å²) >= 11 is 1.83. The molecule has 4 nitrogen and oxygen atoms in total. The summed E-state index contributed by atoms with van der Waals surface area (Å²) in [6.45, 7) is 3.03. The fourth-order valence-corrected chi connectivity index (χ4v) is 2.73. The second-order valence-corrected chi connectivity index (χ2v) is 4.99. The smallest absolute Gasteiger partial charge is 0.156 e. The van der Waals surface area contributed by atoms with Crippen LogP contribution in [0.3, 0.4) is 0 Å². The van der Waals surface area contributed by atoms with Crippen molar-refractivity contribution in [3.05, 3.63) is 18.0 Å². The molecule has 1 N–H and O–H groups in total. The van der Waals surface area contributed by atoms with Crippen LogP contribution in [-0.4, -0.2) is 33.3 Å². The first-order valence-corrected chi connectivity index (χ1v) is 6.69. The minimum atomic E-state index is 0.610. The standard InChI is InChI=1S/C11H18N4S/c1-3-9-8-16-11(13-9)12-6-4-10-5-7-15(2)14-10/h5,7,9H,3-4,6,8H2,1-2H3,(H,12,13). The van der Waals surface area contributed by atoms with E-state index in [0.29, 0.717) is 6.04 Å². The zero-order chi connectivity index (χ0) is 11.4. The second kappa shape index (κ2) is 5.39. The molecule has 1 aliphatic rings. The van der Waals surface area contributed by atoms with Gasteiger partial charge in [-0.25, -0.2) is 0 Å². The highest BCUT2D eigenvalue weighted by Gasteiger charge is 2.17. The van der Waals surface area contributed by atoms with Crippen molar-refractivity contribution in [2.24, 2.45) is 12.0 Å². The molecule has 1 aliphatic heterocycles. The van der Waals surface area contributed by atoms with Crippen LogP contribution in [0, 0.1) is 0 Å². The van der Waals surface area contributed by atoms with Crippen molar-refractivity contribution >= 4 is 16.9 Å². The fraction of sp³-hybridized carbons (Fsp3) is 0.636. The molecule has 1 aromatic rings. The number of thioether (sulfide) groups is 1. The van der Waals surface area contributed by atoms with Crippen LogP contribution in [0.25, 0.3) is 0 Å². The normalized spacial score (nSPS) is 22.6. The average molecular weight is 238 g/mol. The molecule has 1 unspecified atom stereocenters. The quantitative estimate of drug-likeness (QED) is 0.863. The summed E-state index contributed by atoms with van der Waals surface area (Å²) in [5.41, 5.74) is 1.11. The SMILES string of the molecule is CCC1CSC(=NCCc2ccn(C)n2)N1. The van der Waals surface area contributed by atoms with E-state index in [1.165, 1.54) is 6.42 Å². The number of aliphatic imine (C=N–C) groups is 1. The van der Waals surface area contributed by atoms with Crippen molar-refractivity contribution in [3.8, 4) is 0 Å². The van der Waals surface area contributed by atoms with Crippen LogP contribution in [0.15, 0.2) is 17.3 Å². The van der Waals surface area contributed by atoms with Crippen molar-refractivity contribution < 1.29 is 0 Å². The van der Waals surface area contributed by atoms with Gasteiger partial charge in [0, 0.05) is 38.0 Å². The summed E-state index contributed by atoms with van der Waals surface area (Å²) in [5.74, 6) is 1.15. The summed E-state index contributed by atoms with van der Waals surface area (Å²) in [7, 11) is 1.94. The number of amidine groups is 1. The van der Waals surface area contributed by atoms with Crippen LogP contribution >= 0.6 is 11.8 Å². The van der Waals surface area contributed by atoms with Gasteiger partial charge in [0.05, 0.1) is 5.69 Å². The van der Waals surface area contributed by atoms with Gasteiger partial charge in [-0.2, -0.15) is 5.10 Å². The monoisotopic (exact) mass is 238 g/mol. The van der Waals surface area contributed by atoms with Gasteiger partial charge in [0.15, 0.2) is 5.17 Å². The zero-order valence-corrected chi connectivity index (χ0v) is 10.6. The Hall–Kier alpha value is -0.970. The number of aromatic nitrogens is 2. The summed E-state index contributed by atoms with van der Waals surface area (Å²) in [4.78, 5) is 4.55. The zero-order valence-electron chi connectivity index (χ0n) is 9.81. The number of hydrogen-bond donors (Lipinski definition) is 1. The molecule has 2 rings (SSSR count). The van der Waals surface area contributed by atoms with Crippen molar-refractivity contribution in [2.45, 2.75) is 25.8 Å². The third kappa shape index (κ3) is 3.01. The number of hydrogen-bond acceptors (Lipinski definition) is 3. The minimum Gasteiger partial charge on any atom is -0.361 e. The van der Waals surface area contributed by atoms with Crippen LogP contribution in [0.2, 0.25) is 0 Å². The summed E-state index contributed by atoms with van der Waals surface area (Å²) in [6.07, 6.45) is 4.06. The average Bonchev–Trinajstić information content (AvgIpc) is 2.88. The number of aryl methyl sites for hydroxylation is 1. The molecule has 0 bridgehead atoms. The molecule has 0 saturated carbocycles. The molecule has 1 atom stereocenters. The van der Waals surface area contributed by atoms with Crippen molar-refractivity contribution in [3.63, 3.8) is 0 Å². The lowest BCUT2D eigenvalue weighted by Crippen LogP contribution is -2.25. The summed E-state index contributed by atoms with van der Waals surface area (Å²) in [6, 6.07) is 2.66. The molecule has 2 heterocycles. The van der Waals surface area contributed by atoms with Gasteiger partial charge in [-0.05, 0) is 12.5 Å². The van der Waals surface area contributed by atoms with E-state index in [1.807, 2.05) is 35.8 Å². The molecule has 0 radical (unpaired) electrons. The molecule has 0 spiro atoms.